The summed E-state index contributed by atoms with van der Waals surface area (Å²) in [5, 5.41) is 43.7. The largest absolute Gasteiger partial charge is 1.00 e. The number of aliphatic carboxylic acids is 4. The van der Waals surface area contributed by atoms with E-state index in [-0.39, 0.29) is 101 Å². The SMILES string of the molecule is CCCCC(CC)CC(CC(=O)[O-])(C(=O)[O-])S(=O)(=O)O.CCCCC(CC)CC(CC(=O)[O-])(C(=O)[O-])S(=O)(=O)O.[Ag+].[Ag+].[Ag+].[Ag+]. The first kappa shape index (κ1) is 57.0. The Morgan fingerprint density at radius 1 is 0.591 bits per heavy atom. The summed E-state index contributed by atoms with van der Waals surface area (Å²) >= 11 is 0. The van der Waals surface area contributed by atoms with Crippen LogP contribution in [0.4, 0.5) is 0 Å². The second-order valence-electron chi connectivity index (χ2n) is 9.85. The number of rotatable bonds is 20. The van der Waals surface area contributed by atoms with Crippen LogP contribution < -0.4 is 20.4 Å². The first-order valence-corrected chi connectivity index (χ1v) is 15.9. The van der Waals surface area contributed by atoms with Crippen LogP contribution in [0.5, 0.6) is 0 Å². The summed E-state index contributed by atoms with van der Waals surface area (Å²) in [4.78, 5) is 43.7. The second kappa shape index (κ2) is 26.6. The Kier molecular flexibility index (Phi) is 34.4. The first-order chi connectivity index (χ1) is 18.2. The molecule has 4 unspecified atom stereocenters. The fourth-order valence-corrected chi connectivity index (χ4v) is 6.26. The molecule has 14 nitrogen and oxygen atoms in total. The van der Waals surface area contributed by atoms with Gasteiger partial charge in [0, 0.05) is 24.8 Å². The Labute approximate surface area is 322 Å². The molecule has 2 N–H and O–H groups in total. The minimum atomic E-state index is -5.13. The normalized spacial score (nSPS) is 14.9. The van der Waals surface area contributed by atoms with E-state index < -0.39 is 79.3 Å². The van der Waals surface area contributed by atoms with Crippen LogP contribution in [0, 0.1) is 11.8 Å². The van der Waals surface area contributed by atoms with Crippen molar-refractivity contribution in [2.24, 2.45) is 11.8 Å². The number of hydrogen-bond donors (Lipinski definition) is 2. The van der Waals surface area contributed by atoms with Crippen molar-refractivity contribution in [1.29, 1.82) is 0 Å². The molecule has 0 amide bonds. The monoisotopic (exact) mass is 1040 g/mol. The van der Waals surface area contributed by atoms with Crippen LogP contribution in [0.2, 0.25) is 0 Å². The number of carboxylic acids is 4. The smallest absolute Gasteiger partial charge is 0.550 e. The summed E-state index contributed by atoms with van der Waals surface area (Å²) in [6, 6.07) is 0. The average Bonchev–Trinajstić information content (AvgIpc) is 2.80. The number of hydrogen-bond acceptors (Lipinski definition) is 12. The van der Waals surface area contributed by atoms with E-state index in [0.29, 0.717) is 25.7 Å². The third-order valence-corrected chi connectivity index (χ3v) is 9.85. The van der Waals surface area contributed by atoms with Gasteiger partial charge in [-0.2, -0.15) is 16.8 Å². The molecule has 0 bridgehead atoms. The van der Waals surface area contributed by atoms with Crippen LogP contribution in [0.25, 0.3) is 0 Å². The van der Waals surface area contributed by atoms with E-state index in [1.807, 2.05) is 13.8 Å². The average molecular weight is 1050 g/mol. The van der Waals surface area contributed by atoms with Crippen LogP contribution in [0.15, 0.2) is 0 Å². The first-order valence-electron chi connectivity index (χ1n) is 13.0. The number of unbranched alkanes of at least 4 members (excludes halogenated alkanes) is 2. The molecule has 20 heteroatoms. The predicted molar refractivity (Wildman–Crippen MR) is 134 cm³/mol. The van der Waals surface area contributed by atoms with Crippen LogP contribution >= 0.6 is 0 Å². The molecule has 44 heavy (non-hydrogen) atoms. The zero-order chi connectivity index (χ0) is 31.9. The molecule has 0 aromatic carbocycles. The molecular formula is C24H40Ag4O14S2. The second-order valence-corrected chi connectivity index (χ2v) is 13.3. The van der Waals surface area contributed by atoms with Gasteiger partial charge in [0.1, 0.15) is 9.49 Å². The minimum absolute atomic E-state index is 0. The molecule has 0 spiro atoms. The summed E-state index contributed by atoms with van der Waals surface area (Å²) in [6.45, 7) is 7.32. The van der Waals surface area contributed by atoms with Crippen LogP contribution in [-0.4, -0.2) is 59.3 Å². The molecule has 0 heterocycles. The molecule has 0 saturated heterocycles. The van der Waals surface area contributed by atoms with Crippen molar-refractivity contribution in [3.05, 3.63) is 0 Å². The van der Waals surface area contributed by atoms with Crippen LogP contribution in [-0.2, 0) is 129 Å². The third-order valence-electron chi connectivity index (χ3n) is 6.91. The number of carboxylic acid groups (broad SMARTS) is 4. The van der Waals surface area contributed by atoms with E-state index in [4.69, 9.17) is 0 Å². The standard InChI is InChI=1S/2C12H22O7S.4Ag/c2*1-3-5-6-9(4-2)7-12(11(15)16,8-10(13)14)20(17,18)19;;;;/h2*9H,3-8H2,1-2H3,(H,13,14)(H,15,16)(H,17,18,19);;;;/q;;4*+1/p-4. The van der Waals surface area contributed by atoms with Crippen molar-refractivity contribution >= 4 is 44.1 Å². The van der Waals surface area contributed by atoms with Crippen molar-refractivity contribution in [3.63, 3.8) is 0 Å². The van der Waals surface area contributed by atoms with Gasteiger partial charge in [0.15, 0.2) is 0 Å². The van der Waals surface area contributed by atoms with Gasteiger partial charge in [-0.3, -0.25) is 9.11 Å². The van der Waals surface area contributed by atoms with Crippen molar-refractivity contribution in [1.82, 2.24) is 0 Å². The topological polar surface area (TPSA) is 269 Å². The minimum Gasteiger partial charge on any atom is -0.550 e. The molecule has 4 atom stereocenters. The van der Waals surface area contributed by atoms with Gasteiger partial charge in [0.05, 0.1) is 11.9 Å². The Morgan fingerprint density at radius 3 is 0.977 bits per heavy atom. The van der Waals surface area contributed by atoms with Crippen molar-refractivity contribution in [2.75, 3.05) is 0 Å². The summed E-state index contributed by atoms with van der Waals surface area (Å²) in [7, 11) is -10.3. The van der Waals surface area contributed by atoms with E-state index in [0.717, 1.165) is 25.7 Å². The summed E-state index contributed by atoms with van der Waals surface area (Å²) in [5.41, 5.74) is 0. The van der Waals surface area contributed by atoms with Gasteiger partial charge in [-0.1, -0.05) is 79.1 Å². The van der Waals surface area contributed by atoms with Gasteiger partial charge in [0.2, 0.25) is 0 Å². The molecule has 0 aliphatic heterocycles. The van der Waals surface area contributed by atoms with Gasteiger partial charge in [-0.25, -0.2) is 0 Å². The molecule has 0 rings (SSSR count). The number of carbonyl (C=O) groups excluding carboxylic acids is 4. The molecule has 0 aliphatic carbocycles. The molecule has 276 valence electrons. The van der Waals surface area contributed by atoms with Gasteiger partial charge in [0.25, 0.3) is 20.2 Å². The molecule has 0 aliphatic rings. The maximum atomic E-state index is 11.4. The molecule has 0 radical (unpaired) electrons. The van der Waals surface area contributed by atoms with Gasteiger partial charge >= 0.3 is 89.5 Å². The van der Waals surface area contributed by atoms with E-state index in [1.165, 1.54) is 0 Å². The van der Waals surface area contributed by atoms with Crippen molar-refractivity contribution in [2.45, 2.75) is 114 Å². The van der Waals surface area contributed by atoms with E-state index in [1.54, 1.807) is 13.8 Å². The van der Waals surface area contributed by atoms with Gasteiger partial charge < -0.3 is 39.6 Å². The molecule has 0 aromatic rings. The van der Waals surface area contributed by atoms with Crippen molar-refractivity contribution in [3.8, 4) is 0 Å². The fraction of sp³-hybridized carbons (Fsp3) is 0.833. The summed E-state index contributed by atoms with van der Waals surface area (Å²) < 4.78 is 58.3. The zero-order valence-corrected chi connectivity index (χ0v) is 32.0. The molecule has 0 saturated carbocycles. The van der Waals surface area contributed by atoms with Gasteiger partial charge in [-0.15, -0.1) is 0 Å². The maximum absolute atomic E-state index is 11.4. The van der Waals surface area contributed by atoms with E-state index in [2.05, 4.69) is 0 Å². The fourth-order valence-electron chi connectivity index (χ4n) is 4.34. The molecular weight excluding hydrogens is 1010 g/mol. The summed E-state index contributed by atoms with van der Waals surface area (Å²) in [5.74, 6) is -8.63. The van der Waals surface area contributed by atoms with Crippen LogP contribution in [0.1, 0.15) is 105 Å². The van der Waals surface area contributed by atoms with Gasteiger partial charge in [-0.05, 0) is 24.7 Å². The Hall–Kier alpha value is 0.661. The third kappa shape index (κ3) is 18.9. The molecule has 0 fully saturated rings. The predicted octanol–water partition coefficient (Wildman–Crippen LogP) is -1.79. The molecule has 0 aromatic heterocycles. The zero-order valence-electron chi connectivity index (χ0n) is 24.5. The Bertz CT molecular complexity index is 989. The summed E-state index contributed by atoms with van der Waals surface area (Å²) in [6.07, 6.45) is 1.55. The quantitative estimate of drug-likeness (QED) is 0.101. The Morgan fingerprint density at radius 2 is 0.841 bits per heavy atom. The number of carbonyl (C=O) groups is 4. The van der Waals surface area contributed by atoms with E-state index >= 15 is 0 Å². The van der Waals surface area contributed by atoms with E-state index in [9.17, 15) is 65.5 Å². The van der Waals surface area contributed by atoms with Crippen LogP contribution in [0.3, 0.4) is 0 Å². The van der Waals surface area contributed by atoms with Crippen molar-refractivity contribution < 1.29 is 155 Å². The Balaban J connectivity index is -0.000000150. The maximum Gasteiger partial charge on any atom is 1.00 e.